The maximum atomic E-state index is 12.4. The summed E-state index contributed by atoms with van der Waals surface area (Å²) < 4.78 is 11.3. The lowest BCUT2D eigenvalue weighted by Gasteiger charge is -2.38. The smallest absolute Gasteiger partial charge is 0.289 e. The largest absolute Gasteiger partial charge is 0.470 e. The number of rotatable bonds is 3. The zero-order valence-corrected chi connectivity index (χ0v) is 12.7. The van der Waals surface area contributed by atoms with Gasteiger partial charge in [0.15, 0.2) is 5.76 Å². The van der Waals surface area contributed by atoms with Crippen LogP contribution in [0.15, 0.2) is 53.1 Å². The molecular weight excluding hydrogens is 306 g/mol. The number of ether oxygens (including phenoxy) is 1. The van der Waals surface area contributed by atoms with E-state index in [9.17, 15) is 4.79 Å². The molecule has 0 saturated carbocycles. The van der Waals surface area contributed by atoms with Gasteiger partial charge < -0.3 is 14.1 Å². The number of aromatic nitrogens is 1. The van der Waals surface area contributed by atoms with Gasteiger partial charge >= 0.3 is 0 Å². The van der Waals surface area contributed by atoms with Gasteiger partial charge in [-0.05, 0) is 24.3 Å². The predicted octanol–water partition coefficient (Wildman–Crippen LogP) is 2.60. The van der Waals surface area contributed by atoms with Crippen molar-refractivity contribution in [3.05, 3.63) is 60.0 Å². The normalized spacial score (nSPS) is 14.2. The highest BCUT2D eigenvalue weighted by Crippen LogP contribution is 2.24. The molecule has 24 heavy (non-hydrogen) atoms. The summed E-state index contributed by atoms with van der Waals surface area (Å²) in [6.07, 6.45) is 1.41. The SMILES string of the molecule is N#Cc1cccnc1OC1CN(C(=O)c2cc3ccccc3o2)C1. The Morgan fingerprint density at radius 2 is 2.12 bits per heavy atom. The van der Waals surface area contributed by atoms with Crippen LogP contribution in [0.3, 0.4) is 0 Å². The van der Waals surface area contributed by atoms with Crippen molar-refractivity contribution in [1.82, 2.24) is 9.88 Å². The number of amides is 1. The topological polar surface area (TPSA) is 79.4 Å². The van der Waals surface area contributed by atoms with E-state index in [2.05, 4.69) is 4.98 Å². The molecule has 1 amide bonds. The molecule has 0 unspecified atom stereocenters. The second kappa shape index (κ2) is 5.70. The van der Waals surface area contributed by atoms with Crippen molar-refractivity contribution < 1.29 is 13.9 Å². The Labute approximate surface area is 137 Å². The number of nitrogens with zero attached hydrogens (tertiary/aromatic N) is 3. The van der Waals surface area contributed by atoms with Gasteiger partial charge in [0.05, 0.1) is 13.1 Å². The molecule has 1 aliphatic heterocycles. The second-order valence-corrected chi connectivity index (χ2v) is 5.57. The van der Waals surface area contributed by atoms with E-state index in [0.717, 1.165) is 5.39 Å². The molecule has 4 rings (SSSR count). The summed E-state index contributed by atoms with van der Waals surface area (Å²) in [6, 6.07) is 14.6. The predicted molar refractivity (Wildman–Crippen MR) is 85.5 cm³/mol. The minimum absolute atomic E-state index is 0.160. The molecule has 1 fully saturated rings. The fourth-order valence-electron chi connectivity index (χ4n) is 2.65. The van der Waals surface area contributed by atoms with E-state index in [-0.39, 0.29) is 12.0 Å². The molecule has 0 N–H and O–H groups in total. The van der Waals surface area contributed by atoms with Crippen LogP contribution >= 0.6 is 0 Å². The molecule has 2 aromatic heterocycles. The molecule has 6 heteroatoms. The third-order valence-corrected chi connectivity index (χ3v) is 3.94. The van der Waals surface area contributed by atoms with Crippen LogP contribution in [0.25, 0.3) is 11.0 Å². The molecule has 0 aliphatic carbocycles. The standard InChI is InChI=1S/C18H13N3O3/c19-9-13-5-3-7-20-17(13)23-14-10-21(11-14)18(22)16-8-12-4-1-2-6-15(12)24-16/h1-8,14H,10-11H2. The van der Waals surface area contributed by atoms with E-state index < -0.39 is 0 Å². The molecular formula is C18H13N3O3. The van der Waals surface area contributed by atoms with Crippen LogP contribution in [0.5, 0.6) is 5.88 Å². The highest BCUT2D eigenvalue weighted by atomic mass is 16.5. The Hall–Kier alpha value is -3.33. The molecule has 0 spiro atoms. The maximum Gasteiger partial charge on any atom is 0.289 e. The quantitative estimate of drug-likeness (QED) is 0.741. The Kier molecular flexibility index (Phi) is 3.39. The highest BCUT2D eigenvalue weighted by molar-refractivity contribution is 5.96. The molecule has 0 bridgehead atoms. The Bertz CT molecular complexity index is 918. The first-order chi connectivity index (χ1) is 11.7. The van der Waals surface area contributed by atoms with Crippen LogP contribution < -0.4 is 4.74 Å². The van der Waals surface area contributed by atoms with E-state index in [4.69, 9.17) is 14.4 Å². The average Bonchev–Trinajstić information content (AvgIpc) is 3.01. The Morgan fingerprint density at radius 3 is 2.92 bits per heavy atom. The van der Waals surface area contributed by atoms with E-state index in [1.165, 1.54) is 0 Å². The number of para-hydroxylation sites is 1. The van der Waals surface area contributed by atoms with Crippen LogP contribution in [0, 0.1) is 11.3 Å². The molecule has 3 aromatic rings. The van der Waals surface area contributed by atoms with Crippen molar-refractivity contribution in [3.8, 4) is 11.9 Å². The summed E-state index contributed by atoms with van der Waals surface area (Å²) in [6.45, 7) is 0.884. The number of furan rings is 1. The van der Waals surface area contributed by atoms with Crippen molar-refractivity contribution in [2.45, 2.75) is 6.10 Å². The van der Waals surface area contributed by atoms with Crippen molar-refractivity contribution >= 4 is 16.9 Å². The van der Waals surface area contributed by atoms with Crippen LogP contribution in [0.1, 0.15) is 16.1 Å². The van der Waals surface area contributed by atoms with E-state index in [1.807, 2.05) is 30.3 Å². The number of benzene rings is 1. The molecule has 3 heterocycles. The summed E-state index contributed by atoms with van der Waals surface area (Å²) in [5.74, 6) is 0.471. The number of pyridine rings is 1. The lowest BCUT2D eigenvalue weighted by atomic mass is 10.1. The minimum atomic E-state index is -0.166. The number of carbonyl (C=O) groups is 1. The molecule has 0 atom stereocenters. The van der Waals surface area contributed by atoms with Crippen LogP contribution in [-0.4, -0.2) is 35.0 Å². The van der Waals surface area contributed by atoms with Crippen molar-refractivity contribution in [2.24, 2.45) is 0 Å². The summed E-state index contributed by atoms with van der Waals surface area (Å²) >= 11 is 0. The third-order valence-electron chi connectivity index (χ3n) is 3.94. The number of hydrogen-bond acceptors (Lipinski definition) is 5. The first kappa shape index (κ1) is 14.3. The monoisotopic (exact) mass is 319 g/mol. The second-order valence-electron chi connectivity index (χ2n) is 5.57. The van der Waals surface area contributed by atoms with Gasteiger partial charge in [0, 0.05) is 11.6 Å². The van der Waals surface area contributed by atoms with Crippen LogP contribution in [0.4, 0.5) is 0 Å². The van der Waals surface area contributed by atoms with Gasteiger partial charge in [0.1, 0.15) is 23.3 Å². The first-order valence-electron chi connectivity index (χ1n) is 7.54. The Morgan fingerprint density at radius 1 is 1.29 bits per heavy atom. The van der Waals surface area contributed by atoms with Gasteiger partial charge in [0.2, 0.25) is 5.88 Å². The Balaban J connectivity index is 1.42. The van der Waals surface area contributed by atoms with Crippen molar-refractivity contribution in [2.75, 3.05) is 13.1 Å². The zero-order chi connectivity index (χ0) is 16.5. The lowest BCUT2D eigenvalue weighted by molar-refractivity contribution is 0.0138. The highest BCUT2D eigenvalue weighted by Gasteiger charge is 2.34. The number of likely N-dealkylation sites (tertiary alicyclic amines) is 1. The molecule has 1 saturated heterocycles. The summed E-state index contributed by atoms with van der Waals surface area (Å²) in [5.41, 5.74) is 1.08. The van der Waals surface area contributed by atoms with Gasteiger partial charge in [-0.1, -0.05) is 18.2 Å². The number of hydrogen-bond donors (Lipinski definition) is 0. The van der Waals surface area contributed by atoms with Gasteiger partial charge in [-0.15, -0.1) is 0 Å². The third kappa shape index (κ3) is 2.46. The molecule has 118 valence electrons. The fourth-order valence-corrected chi connectivity index (χ4v) is 2.65. The summed E-state index contributed by atoms with van der Waals surface area (Å²) in [7, 11) is 0. The molecule has 1 aromatic carbocycles. The van der Waals surface area contributed by atoms with Gasteiger partial charge in [-0.25, -0.2) is 4.98 Å². The van der Waals surface area contributed by atoms with Crippen LogP contribution in [-0.2, 0) is 0 Å². The summed E-state index contributed by atoms with van der Waals surface area (Å²) in [5, 5.41) is 9.94. The first-order valence-corrected chi connectivity index (χ1v) is 7.54. The molecule has 1 aliphatic rings. The average molecular weight is 319 g/mol. The van der Waals surface area contributed by atoms with Gasteiger partial charge in [-0.3, -0.25) is 4.79 Å². The van der Waals surface area contributed by atoms with Crippen molar-refractivity contribution in [3.63, 3.8) is 0 Å². The molecule has 6 nitrogen and oxygen atoms in total. The van der Waals surface area contributed by atoms with E-state index in [0.29, 0.717) is 35.9 Å². The summed E-state index contributed by atoms with van der Waals surface area (Å²) in [4.78, 5) is 18.1. The molecule has 0 radical (unpaired) electrons. The zero-order valence-electron chi connectivity index (χ0n) is 12.7. The maximum absolute atomic E-state index is 12.4. The lowest BCUT2D eigenvalue weighted by Crippen LogP contribution is -2.56. The van der Waals surface area contributed by atoms with Crippen molar-refractivity contribution in [1.29, 1.82) is 5.26 Å². The number of carbonyl (C=O) groups excluding carboxylic acids is 1. The number of nitriles is 1. The number of fused-ring (bicyclic) bond motifs is 1. The fraction of sp³-hybridized carbons (Fsp3) is 0.167. The van der Waals surface area contributed by atoms with Gasteiger partial charge in [0.25, 0.3) is 5.91 Å². The van der Waals surface area contributed by atoms with Crippen LogP contribution in [0.2, 0.25) is 0 Å². The van der Waals surface area contributed by atoms with E-state index >= 15 is 0 Å². The minimum Gasteiger partial charge on any atom is -0.470 e. The van der Waals surface area contributed by atoms with Gasteiger partial charge in [-0.2, -0.15) is 5.26 Å². The van der Waals surface area contributed by atoms with E-state index in [1.54, 1.807) is 29.3 Å².